The Morgan fingerprint density at radius 2 is 1.43 bits per heavy atom. The maximum absolute atomic E-state index is 12.2. The van der Waals surface area contributed by atoms with Gasteiger partial charge in [0.1, 0.15) is 17.7 Å². The number of ketones is 1. The van der Waals surface area contributed by atoms with Crippen LogP contribution in [0, 0.1) is 0 Å². The van der Waals surface area contributed by atoms with Crippen LogP contribution in [0.1, 0.15) is 41.5 Å². The summed E-state index contributed by atoms with van der Waals surface area (Å²) in [7, 11) is 0. The monoisotopic (exact) mass is 330 g/mol. The van der Waals surface area contributed by atoms with E-state index in [4.69, 9.17) is 9.47 Å². The van der Waals surface area contributed by atoms with Crippen LogP contribution < -0.4 is 0 Å². The van der Waals surface area contributed by atoms with E-state index in [1.54, 1.807) is 41.5 Å². The van der Waals surface area contributed by atoms with Crippen molar-refractivity contribution < 1.29 is 33.8 Å². The Hall–Kier alpha value is -2.32. The molecule has 1 aliphatic rings. The second kappa shape index (κ2) is 6.05. The molecule has 0 aliphatic carbocycles. The Morgan fingerprint density at radius 1 is 1.00 bits per heavy atom. The Kier molecular flexibility index (Phi) is 4.93. The SMILES string of the molecule is CC(C)(C)OC(=O)N1CC(=O)C(C(=O)O)N1C(=O)OC(C)(C)C. The highest BCUT2D eigenvalue weighted by atomic mass is 16.6. The highest BCUT2D eigenvalue weighted by Crippen LogP contribution is 2.23. The smallest absolute Gasteiger partial charge is 0.430 e. The molecule has 23 heavy (non-hydrogen) atoms. The number of carboxylic acid groups (broad SMARTS) is 1. The molecule has 130 valence electrons. The van der Waals surface area contributed by atoms with Gasteiger partial charge in [-0.15, -0.1) is 0 Å². The lowest BCUT2D eigenvalue weighted by molar-refractivity contribution is -0.147. The Morgan fingerprint density at radius 3 is 1.83 bits per heavy atom. The Bertz CT molecular complexity index is 530. The minimum absolute atomic E-state index is 0.490. The van der Waals surface area contributed by atoms with Crippen molar-refractivity contribution >= 4 is 23.9 Å². The highest BCUT2D eigenvalue weighted by molar-refractivity contribution is 6.08. The lowest BCUT2D eigenvalue weighted by atomic mass is 10.2. The number of hydrogen-bond donors (Lipinski definition) is 1. The number of carbonyl (C=O) groups is 4. The summed E-state index contributed by atoms with van der Waals surface area (Å²) in [5, 5.41) is 10.3. The van der Waals surface area contributed by atoms with E-state index in [2.05, 4.69) is 0 Å². The molecule has 1 atom stereocenters. The number of carbonyl (C=O) groups excluding carboxylic acids is 3. The number of rotatable bonds is 1. The van der Waals surface area contributed by atoms with E-state index in [1.807, 2.05) is 0 Å². The molecule has 1 saturated heterocycles. The van der Waals surface area contributed by atoms with Gasteiger partial charge in [0.05, 0.1) is 0 Å². The predicted octanol–water partition coefficient (Wildman–Crippen LogP) is 1.41. The maximum atomic E-state index is 12.2. The largest absolute Gasteiger partial charge is 0.479 e. The molecule has 1 fully saturated rings. The van der Waals surface area contributed by atoms with Crippen LogP contribution in [0.15, 0.2) is 0 Å². The molecule has 2 amide bonds. The summed E-state index contributed by atoms with van der Waals surface area (Å²) in [6, 6.07) is -1.82. The first-order valence-corrected chi connectivity index (χ1v) is 7.01. The molecular formula is C14H22N2O7. The third kappa shape index (κ3) is 4.83. The summed E-state index contributed by atoms with van der Waals surface area (Å²) in [4.78, 5) is 47.6. The molecule has 0 spiro atoms. The van der Waals surface area contributed by atoms with Crippen LogP contribution in [-0.4, -0.2) is 62.9 Å². The van der Waals surface area contributed by atoms with E-state index in [0.717, 1.165) is 0 Å². The molecule has 0 saturated carbocycles. The van der Waals surface area contributed by atoms with E-state index < -0.39 is 47.7 Å². The van der Waals surface area contributed by atoms with Crippen LogP contribution in [0.3, 0.4) is 0 Å². The third-order valence-electron chi connectivity index (χ3n) is 2.53. The van der Waals surface area contributed by atoms with Gasteiger partial charge in [0, 0.05) is 0 Å². The first kappa shape index (κ1) is 18.7. The van der Waals surface area contributed by atoms with Gasteiger partial charge in [0.15, 0.2) is 5.78 Å². The van der Waals surface area contributed by atoms with Gasteiger partial charge in [0.2, 0.25) is 6.04 Å². The van der Waals surface area contributed by atoms with Gasteiger partial charge in [0.25, 0.3) is 0 Å². The van der Waals surface area contributed by atoms with E-state index in [-0.39, 0.29) is 0 Å². The fourth-order valence-corrected chi connectivity index (χ4v) is 1.81. The lowest BCUT2D eigenvalue weighted by Gasteiger charge is -2.32. The molecule has 0 bridgehead atoms. The summed E-state index contributed by atoms with van der Waals surface area (Å²) in [6.07, 6.45) is -2.11. The third-order valence-corrected chi connectivity index (χ3v) is 2.53. The summed E-state index contributed by atoms with van der Waals surface area (Å²) >= 11 is 0. The minimum atomic E-state index is -1.82. The number of nitrogens with zero attached hydrogens (tertiary/aromatic N) is 2. The summed E-state index contributed by atoms with van der Waals surface area (Å²) in [5.74, 6) is -2.36. The molecule has 1 heterocycles. The average molecular weight is 330 g/mol. The van der Waals surface area contributed by atoms with Gasteiger partial charge >= 0.3 is 18.2 Å². The van der Waals surface area contributed by atoms with Crippen LogP contribution in [0.4, 0.5) is 9.59 Å². The van der Waals surface area contributed by atoms with E-state index in [9.17, 15) is 24.3 Å². The van der Waals surface area contributed by atoms with Gasteiger partial charge in [-0.2, -0.15) is 5.01 Å². The van der Waals surface area contributed by atoms with Crippen molar-refractivity contribution in [3.63, 3.8) is 0 Å². The molecule has 9 nitrogen and oxygen atoms in total. The average Bonchev–Trinajstić information content (AvgIpc) is 2.62. The van der Waals surface area contributed by atoms with E-state index in [1.165, 1.54) is 0 Å². The van der Waals surface area contributed by atoms with Gasteiger partial charge in [-0.3, -0.25) is 4.79 Å². The fraction of sp³-hybridized carbons (Fsp3) is 0.714. The number of carboxylic acids is 1. The van der Waals surface area contributed by atoms with Crippen LogP contribution in [0.25, 0.3) is 0 Å². The molecule has 0 aromatic carbocycles. The highest BCUT2D eigenvalue weighted by Gasteiger charge is 2.51. The minimum Gasteiger partial charge on any atom is -0.479 e. The molecule has 0 aromatic heterocycles. The first-order valence-electron chi connectivity index (χ1n) is 7.01. The molecule has 1 unspecified atom stereocenters. The van der Waals surface area contributed by atoms with Crippen molar-refractivity contribution in [3.8, 4) is 0 Å². The molecule has 1 rings (SSSR count). The van der Waals surface area contributed by atoms with Crippen LogP contribution in [0.5, 0.6) is 0 Å². The molecule has 1 N–H and O–H groups in total. The number of hydrazine groups is 1. The predicted molar refractivity (Wildman–Crippen MR) is 77.4 cm³/mol. The van der Waals surface area contributed by atoms with Crippen molar-refractivity contribution in [1.29, 1.82) is 0 Å². The number of amides is 2. The van der Waals surface area contributed by atoms with E-state index >= 15 is 0 Å². The number of ether oxygens (including phenoxy) is 2. The lowest BCUT2D eigenvalue weighted by Crippen LogP contribution is -2.53. The summed E-state index contributed by atoms with van der Waals surface area (Å²) < 4.78 is 10.2. The van der Waals surface area contributed by atoms with Crippen LogP contribution >= 0.6 is 0 Å². The van der Waals surface area contributed by atoms with Gasteiger partial charge in [-0.25, -0.2) is 19.4 Å². The van der Waals surface area contributed by atoms with Crippen molar-refractivity contribution in [1.82, 2.24) is 10.0 Å². The molecule has 0 aromatic rings. The first-order chi connectivity index (χ1) is 10.2. The van der Waals surface area contributed by atoms with E-state index in [0.29, 0.717) is 10.0 Å². The standard InChI is InChI=1S/C14H22N2O7/c1-13(2,3)22-11(20)15-7-8(17)9(10(18)19)16(15)12(21)23-14(4,5)6/h9H,7H2,1-6H3,(H,18,19). The van der Waals surface area contributed by atoms with Crippen molar-refractivity contribution in [2.45, 2.75) is 58.8 Å². The van der Waals surface area contributed by atoms with Crippen molar-refractivity contribution in [2.75, 3.05) is 6.54 Å². The Balaban J connectivity index is 3.13. The van der Waals surface area contributed by atoms with Gasteiger partial charge in [-0.05, 0) is 41.5 Å². The quantitative estimate of drug-likeness (QED) is 0.723. The van der Waals surface area contributed by atoms with Crippen LogP contribution in [0.2, 0.25) is 0 Å². The molecular weight excluding hydrogens is 308 g/mol. The Labute approximate surface area is 134 Å². The topological polar surface area (TPSA) is 113 Å². The zero-order chi connectivity index (χ0) is 18.2. The number of Topliss-reactive ketones (excluding diaryl/α,β-unsaturated/α-hetero) is 1. The normalized spacial score (nSPS) is 18.9. The second-order valence-corrected chi connectivity index (χ2v) is 7.07. The zero-order valence-corrected chi connectivity index (χ0v) is 14.1. The molecule has 0 radical (unpaired) electrons. The van der Waals surface area contributed by atoms with Crippen LogP contribution in [-0.2, 0) is 19.1 Å². The fourth-order valence-electron chi connectivity index (χ4n) is 1.81. The van der Waals surface area contributed by atoms with Gasteiger partial charge < -0.3 is 14.6 Å². The van der Waals surface area contributed by atoms with Crippen molar-refractivity contribution in [2.24, 2.45) is 0 Å². The second-order valence-electron chi connectivity index (χ2n) is 7.07. The summed E-state index contributed by atoms with van der Waals surface area (Å²) in [5.41, 5.74) is -1.80. The number of hydrogen-bond acceptors (Lipinski definition) is 6. The molecule has 9 heteroatoms. The maximum Gasteiger partial charge on any atom is 0.430 e. The zero-order valence-electron chi connectivity index (χ0n) is 14.1. The van der Waals surface area contributed by atoms with Crippen molar-refractivity contribution in [3.05, 3.63) is 0 Å². The summed E-state index contributed by atoms with van der Waals surface area (Å²) in [6.45, 7) is 8.98. The molecule has 1 aliphatic heterocycles. The van der Waals surface area contributed by atoms with Gasteiger partial charge in [-0.1, -0.05) is 0 Å². The number of aliphatic carboxylic acids is 1.